The highest BCUT2D eigenvalue weighted by molar-refractivity contribution is 7.99. The quantitative estimate of drug-likeness (QED) is 0.655. The summed E-state index contributed by atoms with van der Waals surface area (Å²) < 4.78 is 0. The third-order valence-electron chi connectivity index (χ3n) is 2.53. The van der Waals surface area contributed by atoms with Gasteiger partial charge in [0.2, 0.25) is 0 Å². The molecule has 2 nitrogen and oxygen atoms in total. The maximum absolute atomic E-state index is 11.9. The summed E-state index contributed by atoms with van der Waals surface area (Å²) in [6, 6.07) is 16.4. The van der Waals surface area contributed by atoms with E-state index in [4.69, 9.17) is 5.11 Å². The smallest absolute Gasteiger partial charge is 0.163 e. The number of phenolic OH excluding ortho intramolecular Hbond substituents is 1. The molecule has 3 heteroatoms. The SMILES string of the molecule is O=C(CCSc1ccccc1)c1ccc(O)cc1. The first kappa shape index (κ1) is 12.7. The standard InChI is InChI=1S/C15H14O2S/c16-13-8-6-12(7-9-13)15(17)10-11-18-14-4-2-1-3-5-14/h1-9,16H,10-11H2. The fraction of sp³-hybridized carbons (Fsp3) is 0.133. The largest absolute Gasteiger partial charge is 0.508 e. The summed E-state index contributed by atoms with van der Waals surface area (Å²) in [5.41, 5.74) is 0.654. The molecule has 0 saturated heterocycles. The highest BCUT2D eigenvalue weighted by Gasteiger charge is 2.05. The Morgan fingerprint density at radius 3 is 2.33 bits per heavy atom. The number of carbonyl (C=O) groups is 1. The van der Waals surface area contributed by atoms with Crippen molar-refractivity contribution in [3.63, 3.8) is 0 Å². The van der Waals surface area contributed by atoms with Crippen LogP contribution in [0, 0.1) is 0 Å². The minimum Gasteiger partial charge on any atom is -0.508 e. The predicted molar refractivity (Wildman–Crippen MR) is 74.2 cm³/mol. The number of benzene rings is 2. The van der Waals surface area contributed by atoms with E-state index in [1.807, 2.05) is 30.3 Å². The van der Waals surface area contributed by atoms with Crippen LogP contribution < -0.4 is 0 Å². The van der Waals surface area contributed by atoms with E-state index in [1.54, 1.807) is 23.9 Å². The molecule has 0 spiro atoms. The van der Waals surface area contributed by atoms with Crippen LogP contribution in [-0.4, -0.2) is 16.6 Å². The Hall–Kier alpha value is -1.74. The lowest BCUT2D eigenvalue weighted by atomic mass is 10.1. The molecule has 0 aliphatic rings. The molecule has 0 radical (unpaired) electrons. The van der Waals surface area contributed by atoms with Crippen molar-refractivity contribution in [1.82, 2.24) is 0 Å². The Labute approximate surface area is 111 Å². The van der Waals surface area contributed by atoms with Crippen LogP contribution in [0.4, 0.5) is 0 Å². The molecular weight excluding hydrogens is 244 g/mol. The van der Waals surface area contributed by atoms with Crippen molar-refractivity contribution < 1.29 is 9.90 Å². The number of thioether (sulfide) groups is 1. The van der Waals surface area contributed by atoms with Crippen molar-refractivity contribution in [2.24, 2.45) is 0 Å². The van der Waals surface area contributed by atoms with Crippen LogP contribution in [0.3, 0.4) is 0 Å². The monoisotopic (exact) mass is 258 g/mol. The van der Waals surface area contributed by atoms with Crippen molar-refractivity contribution in [2.75, 3.05) is 5.75 Å². The van der Waals surface area contributed by atoms with Crippen LogP contribution in [0.2, 0.25) is 0 Å². The lowest BCUT2D eigenvalue weighted by Gasteiger charge is -2.02. The Kier molecular flexibility index (Phi) is 4.42. The maximum atomic E-state index is 11.9. The van der Waals surface area contributed by atoms with Crippen LogP contribution in [0.1, 0.15) is 16.8 Å². The van der Waals surface area contributed by atoms with Gasteiger partial charge in [-0.3, -0.25) is 4.79 Å². The van der Waals surface area contributed by atoms with Gasteiger partial charge in [-0.25, -0.2) is 0 Å². The van der Waals surface area contributed by atoms with Gasteiger partial charge in [0.25, 0.3) is 0 Å². The zero-order valence-electron chi connectivity index (χ0n) is 9.87. The normalized spacial score (nSPS) is 10.2. The highest BCUT2D eigenvalue weighted by Crippen LogP contribution is 2.19. The number of rotatable bonds is 5. The van der Waals surface area contributed by atoms with Gasteiger partial charge in [0, 0.05) is 22.6 Å². The zero-order valence-corrected chi connectivity index (χ0v) is 10.7. The molecule has 0 bridgehead atoms. The average molecular weight is 258 g/mol. The number of carbonyl (C=O) groups excluding carboxylic acids is 1. The molecule has 0 fully saturated rings. The van der Waals surface area contributed by atoms with E-state index in [2.05, 4.69) is 0 Å². The lowest BCUT2D eigenvalue weighted by Crippen LogP contribution is -1.99. The first-order valence-electron chi connectivity index (χ1n) is 5.76. The molecular formula is C15H14O2S. The van der Waals surface area contributed by atoms with Gasteiger partial charge in [-0.1, -0.05) is 18.2 Å². The maximum Gasteiger partial charge on any atom is 0.163 e. The molecule has 0 aliphatic carbocycles. The van der Waals surface area contributed by atoms with E-state index in [1.165, 1.54) is 17.0 Å². The Balaban J connectivity index is 1.84. The third-order valence-corrected chi connectivity index (χ3v) is 3.54. The van der Waals surface area contributed by atoms with Gasteiger partial charge >= 0.3 is 0 Å². The first-order chi connectivity index (χ1) is 8.75. The summed E-state index contributed by atoms with van der Waals surface area (Å²) in [6.07, 6.45) is 0.504. The summed E-state index contributed by atoms with van der Waals surface area (Å²) >= 11 is 1.68. The Morgan fingerprint density at radius 2 is 1.67 bits per heavy atom. The molecule has 92 valence electrons. The molecule has 0 amide bonds. The number of aromatic hydroxyl groups is 1. The summed E-state index contributed by atoms with van der Waals surface area (Å²) in [5.74, 6) is 1.06. The molecule has 0 heterocycles. The van der Waals surface area contributed by atoms with Crippen molar-refractivity contribution in [3.05, 3.63) is 60.2 Å². The second-order valence-electron chi connectivity index (χ2n) is 3.88. The van der Waals surface area contributed by atoms with Gasteiger partial charge in [0.15, 0.2) is 5.78 Å². The molecule has 0 aromatic heterocycles. The molecule has 2 aromatic carbocycles. The van der Waals surface area contributed by atoms with E-state index in [0.717, 1.165) is 5.75 Å². The molecule has 2 rings (SSSR count). The number of Topliss-reactive ketones (excluding diaryl/α,β-unsaturated/α-hetero) is 1. The molecule has 2 aromatic rings. The van der Waals surface area contributed by atoms with E-state index in [9.17, 15) is 4.79 Å². The van der Waals surface area contributed by atoms with E-state index >= 15 is 0 Å². The minimum absolute atomic E-state index is 0.110. The van der Waals surface area contributed by atoms with Gasteiger partial charge in [0.05, 0.1) is 0 Å². The van der Waals surface area contributed by atoms with Crippen LogP contribution >= 0.6 is 11.8 Å². The lowest BCUT2D eigenvalue weighted by molar-refractivity contribution is 0.0989. The molecule has 18 heavy (non-hydrogen) atoms. The van der Waals surface area contributed by atoms with Crippen LogP contribution in [0.25, 0.3) is 0 Å². The number of phenols is 1. The molecule has 1 N–H and O–H groups in total. The van der Waals surface area contributed by atoms with Crippen LogP contribution in [-0.2, 0) is 0 Å². The predicted octanol–water partition coefficient (Wildman–Crippen LogP) is 3.76. The molecule has 0 aliphatic heterocycles. The van der Waals surface area contributed by atoms with Crippen molar-refractivity contribution in [3.8, 4) is 5.75 Å². The summed E-state index contributed by atoms with van der Waals surface area (Å²) in [5, 5.41) is 9.15. The molecule has 0 saturated carbocycles. The topological polar surface area (TPSA) is 37.3 Å². The van der Waals surface area contributed by atoms with Gasteiger partial charge in [-0.05, 0) is 36.4 Å². The van der Waals surface area contributed by atoms with Crippen LogP contribution in [0.15, 0.2) is 59.5 Å². The highest BCUT2D eigenvalue weighted by atomic mass is 32.2. The van der Waals surface area contributed by atoms with Crippen LogP contribution in [0.5, 0.6) is 5.75 Å². The van der Waals surface area contributed by atoms with E-state index in [0.29, 0.717) is 12.0 Å². The summed E-state index contributed by atoms with van der Waals surface area (Å²) in [7, 11) is 0. The van der Waals surface area contributed by atoms with Gasteiger partial charge < -0.3 is 5.11 Å². The van der Waals surface area contributed by atoms with E-state index < -0.39 is 0 Å². The van der Waals surface area contributed by atoms with Crippen molar-refractivity contribution >= 4 is 17.5 Å². The number of hydrogen-bond donors (Lipinski definition) is 1. The summed E-state index contributed by atoms with van der Waals surface area (Å²) in [4.78, 5) is 13.0. The average Bonchev–Trinajstić information content (AvgIpc) is 2.40. The zero-order chi connectivity index (χ0) is 12.8. The van der Waals surface area contributed by atoms with Gasteiger partial charge in [-0.2, -0.15) is 0 Å². The van der Waals surface area contributed by atoms with Crippen molar-refractivity contribution in [2.45, 2.75) is 11.3 Å². The van der Waals surface area contributed by atoms with Gasteiger partial charge in [0.1, 0.15) is 5.75 Å². The Bertz CT molecular complexity index is 506. The molecule has 0 unspecified atom stereocenters. The fourth-order valence-electron chi connectivity index (χ4n) is 1.57. The number of ketones is 1. The Morgan fingerprint density at radius 1 is 1.00 bits per heavy atom. The molecule has 0 atom stereocenters. The van der Waals surface area contributed by atoms with Crippen molar-refractivity contribution in [1.29, 1.82) is 0 Å². The number of hydrogen-bond acceptors (Lipinski definition) is 3. The van der Waals surface area contributed by atoms with E-state index in [-0.39, 0.29) is 11.5 Å². The minimum atomic E-state index is 0.110. The second-order valence-corrected chi connectivity index (χ2v) is 5.05. The second kappa shape index (κ2) is 6.26. The fourth-order valence-corrected chi connectivity index (χ4v) is 2.44. The first-order valence-corrected chi connectivity index (χ1v) is 6.74. The third kappa shape index (κ3) is 3.64. The summed E-state index contributed by atoms with van der Waals surface area (Å²) in [6.45, 7) is 0. The van der Waals surface area contributed by atoms with Gasteiger partial charge in [-0.15, -0.1) is 11.8 Å².